The number of aliphatic carboxylic acids is 1. The van der Waals surface area contributed by atoms with Gasteiger partial charge in [0, 0.05) is 17.3 Å². The molecule has 1 spiro atoms. The summed E-state index contributed by atoms with van der Waals surface area (Å²) < 4.78 is 0. The highest BCUT2D eigenvalue weighted by Gasteiger charge is 2.71. The molecule has 0 radical (unpaired) electrons. The summed E-state index contributed by atoms with van der Waals surface area (Å²) in [4.78, 5) is 11.5. The number of carboxylic acid groups (broad SMARTS) is 1. The van der Waals surface area contributed by atoms with Crippen LogP contribution in [0.5, 0.6) is 0 Å². The summed E-state index contributed by atoms with van der Waals surface area (Å²) in [5.41, 5.74) is 5.52. The van der Waals surface area contributed by atoms with Crippen molar-refractivity contribution in [2.45, 2.75) is 23.7 Å². The van der Waals surface area contributed by atoms with Gasteiger partial charge in [0.05, 0.1) is 5.92 Å². The molecule has 0 saturated heterocycles. The molecule has 5 rings (SSSR count). The zero-order valence-electron chi connectivity index (χ0n) is 10.9. The van der Waals surface area contributed by atoms with Crippen LogP contribution in [0, 0.1) is 5.92 Å². The van der Waals surface area contributed by atoms with Gasteiger partial charge >= 0.3 is 5.97 Å². The molecule has 20 heavy (non-hydrogen) atoms. The molecule has 1 N–H and O–H groups in total. The molecule has 0 amide bonds. The van der Waals surface area contributed by atoms with Crippen LogP contribution in [0.25, 0.3) is 0 Å². The smallest absolute Gasteiger partial charge is 0.307 e. The maximum Gasteiger partial charge on any atom is 0.307 e. The Morgan fingerprint density at radius 1 is 1.00 bits per heavy atom. The van der Waals surface area contributed by atoms with Gasteiger partial charge in [0.1, 0.15) is 0 Å². The average molecular weight is 262 g/mol. The molecule has 1 fully saturated rings. The highest BCUT2D eigenvalue weighted by molar-refractivity contribution is 5.80. The van der Waals surface area contributed by atoms with Crippen LogP contribution >= 0.6 is 0 Å². The highest BCUT2D eigenvalue weighted by atomic mass is 16.4. The SMILES string of the molecule is O=C(O)C1CC23c4ccccc4C2c2ccccc2C13. The molecule has 0 aromatic heterocycles. The van der Waals surface area contributed by atoms with Crippen LogP contribution in [0.1, 0.15) is 40.5 Å². The molecule has 3 aliphatic rings. The van der Waals surface area contributed by atoms with Crippen LogP contribution in [0.15, 0.2) is 48.5 Å². The molecule has 2 heteroatoms. The van der Waals surface area contributed by atoms with Crippen LogP contribution in [-0.4, -0.2) is 11.1 Å². The maximum atomic E-state index is 11.5. The van der Waals surface area contributed by atoms with Crippen molar-refractivity contribution in [2.24, 2.45) is 5.92 Å². The minimum absolute atomic E-state index is 0.0866. The summed E-state index contributed by atoms with van der Waals surface area (Å²) >= 11 is 0. The normalized spacial score (nSPS) is 34.9. The van der Waals surface area contributed by atoms with Crippen LogP contribution in [-0.2, 0) is 10.2 Å². The number of benzene rings is 2. The number of rotatable bonds is 1. The van der Waals surface area contributed by atoms with Crippen molar-refractivity contribution in [3.05, 3.63) is 70.8 Å². The predicted octanol–water partition coefficient (Wildman–Crippen LogP) is 3.27. The first-order chi connectivity index (χ1) is 9.75. The molecule has 4 atom stereocenters. The van der Waals surface area contributed by atoms with E-state index in [0.717, 1.165) is 6.42 Å². The molecule has 1 saturated carbocycles. The number of carbonyl (C=O) groups is 1. The van der Waals surface area contributed by atoms with Crippen molar-refractivity contribution in [1.82, 2.24) is 0 Å². The van der Waals surface area contributed by atoms with E-state index in [1.807, 2.05) is 6.07 Å². The van der Waals surface area contributed by atoms with Crippen molar-refractivity contribution >= 4 is 5.97 Å². The lowest BCUT2D eigenvalue weighted by Crippen LogP contribution is -2.57. The van der Waals surface area contributed by atoms with Gasteiger partial charge in [-0.05, 0) is 28.7 Å². The van der Waals surface area contributed by atoms with Gasteiger partial charge < -0.3 is 5.11 Å². The summed E-state index contributed by atoms with van der Waals surface area (Å²) in [6, 6.07) is 17.0. The lowest BCUT2D eigenvalue weighted by Gasteiger charge is -2.60. The van der Waals surface area contributed by atoms with Crippen molar-refractivity contribution in [2.75, 3.05) is 0 Å². The lowest BCUT2D eigenvalue weighted by molar-refractivity contribution is -0.149. The summed E-state index contributed by atoms with van der Waals surface area (Å²) in [6.45, 7) is 0. The van der Waals surface area contributed by atoms with Crippen molar-refractivity contribution < 1.29 is 9.90 Å². The summed E-state index contributed by atoms with van der Waals surface area (Å²) in [7, 11) is 0. The molecule has 0 bridgehead atoms. The summed E-state index contributed by atoms with van der Waals surface area (Å²) in [5, 5.41) is 9.48. The third-order valence-electron chi connectivity index (χ3n) is 5.76. The predicted molar refractivity (Wildman–Crippen MR) is 74.9 cm³/mol. The van der Waals surface area contributed by atoms with E-state index in [1.165, 1.54) is 22.3 Å². The van der Waals surface area contributed by atoms with Gasteiger partial charge in [0.2, 0.25) is 0 Å². The molecule has 0 aliphatic heterocycles. The summed E-state index contributed by atoms with van der Waals surface area (Å²) in [6.07, 6.45) is 0.795. The Morgan fingerprint density at radius 2 is 1.65 bits per heavy atom. The maximum absolute atomic E-state index is 11.5. The quantitative estimate of drug-likeness (QED) is 0.856. The lowest BCUT2D eigenvalue weighted by atomic mass is 9.41. The van der Waals surface area contributed by atoms with E-state index in [2.05, 4.69) is 42.5 Å². The van der Waals surface area contributed by atoms with E-state index >= 15 is 0 Å². The minimum Gasteiger partial charge on any atom is -0.481 e. The van der Waals surface area contributed by atoms with E-state index in [0.29, 0.717) is 5.92 Å². The minimum atomic E-state index is -0.638. The van der Waals surface area contributed by atoms with Gasteiger partial charge in [0.25, 0.3) is 0 Å². The second-order valence-corrected chi connectivity index (χ2v) is 6.32. The van der Waals surface area contributed by atoms with Crippen molar-refractivity contribution in [3.63, 3.8) is 0 Å². The second-order valence-electron chi connectivity index (χ2n) is 6.32. The third kappa shape index (κ3) is 0.894. The van der Waals surface area contributed by atoms with Gasteiger partial charge in [-0.2, -0.15) is 0 Å². The molecular weight excluding hydrogens is 248 g/mol. The Morgan fingerprint density at radius 3 is 2.40 bits per heavy atom. The van der Waals surface area contributed by atoms with Gasteiger partial charge in [-0.1, -0.05) is 48.5 Å². The molecule has 3 aliphatic carbocycles. The van der Waals surface area contributed by atoms with E-state index < -0.39 is 5.97 Å². The molecule has 98 valence electrons. The van der Waals surface area contributed by atoms with Crippen LogP contribution < -0.4 is 0 Å². The number of carboxylic acids is 1. The number of fused-ring (bicyclic) bond motifs is 5. The van der Waals surface area contributed by atoms with Crippen LogP contribution in [0.4, 0.5) is 0 Å². The third-order valence-corrected chi connectivity index (χ3v) is 5.76. The average Bonchev–Trinajstić information content (AvgIpc) is 2.58. The second kappa shape index (κ2) is 3.14. The zero-order valence-corrected chi connectivity index (χ0v) is 10.9. The molecule has 2 aromatic rings. The van der Waals surface area contributed by atoms with Gasteiger partial charge in [-0.25, -0.2) is 0 Å². The first-order valence-electron chi connectivity index (χ1n) is 7.16. The fraction of sp³-hybridized carbons (Fsp3) is 0.278. The van der Waals surface area contributed by atoms with E-state index in [-0.39, 0.29) is 17.3 Å². The molecule has 2 aromatic carbocycles. The van der Waals surface area contributed by atoms with Crippen molar-refractivity contribution in [3.8, 4) is 0 Å². The van der Waals surface area contributed by atoms with E-state index in [1.54, 1.807) is 0 Å². The van der Waals surface area contributed by atoms with Crippen molar-refractivity contribution in [1.29, 1.82) is 0 Å². The van der Waals surface area contributed by atoms with E-state index in [4.69, 9.17) is 0 Å². The topological polar surface area (TPSA) is 37.3 Å². The Labute approximate surface area is 117 Å². The van der Waals surface area contributed by atoms with Crippen LogP contribution in [0.2, 0.25) is 0 Å². The first kappa shape index (κ1) is 10.7. The first-order valence-corrected chi connectivity index (χ1v) is 7.16. The summed E-state index contributed by atoms with van der Waals surface area (Å²) in [5.74, 6) is -0.249. The Bertz CT molecular complexity index is 764. The Kier molecular flexibility index (Phi) is 1.68. The fourth-order valence-electron chi connectivity index (χ4n) is 5.14. The number of hydrogen-bond acceptors (Lipinski definition) is 1. The van der Waals surface area contributed by atoms with Gasteiger partial charge in [-0.3, -0.25) is 4.79 Å². The molecule has 2 nitrogen and oxygen atoms in total. The molecule has 0 heterocycles. The molecular formula is C18H14O2. The fourth-order valence-corrected chi connectivity index (χ4v) is 5.14. The number of hydrogen-bond donors (Lipinski definition) is 1. The standard InChI is InChI=1S/C18H14O2/c19-17(20)13-9-18-14-8-4-3-7-12(14)15(18)10-5-1-2-6-11(10)16(13)18/h1-8,13,15-16H,9H2,(H,19,20). The van der Waals surface area contributed by atoms with Gasteiger partial charge in [-0.15, -0.1) is 0 Å². The Balaban J connectivity index is 1.78. The van der Waals surface area contributed by atoms with Gasteiger partial charge in [0.15, 0.2) is 0 Å². The zero-order chi connectivity index (χ0) is 13.5. The Hall–Kier alpha value is -2.09. The van der Waals surface area contributed by atoms with Crippen LogP contribution in [0.3, 0.4) is 0 Å². The molecule has 4 unspecified atom stereocenters. The monoisotopic (exact) mass is 262 g/mol. The largest absolute Gasteiger partial charge is 0.481 e. The highest BCUT2D eigenvalue weighted by Crippen LogP contribution is 2.76. The van der Waals surface area contributed by atoms with E-state index in [9.17, 15) is 9.90 Å².